The van der Waals surface area contributed by atoms with Crippen LogP contribution in [0.5, 0.6) is 0 Å². The Labute approximate surface area is 147 Å². The van der Waals surface area contributed by atoms with Crippen molar-refractivity contribution in [3.05, 3.63) is 42.2 Å². The van der Waals surface area contributed by atoms with Crippen LogP contribution in [0.1, 0.15) is 12.1 Å². The smallest absolute Gasteiger partial charge is 0.322 e. The Morgan fingerprint density at radius 2 is 1.92 bits per heavy atom. The number of nitrogens with zero attached hydrogens (tertiary/aromatic N) is 3. The van der Waals surface area contributed by atoms with Gasteiger partial charge >= 0.3 is 6.18 Å². The number of alkyl halides is 3. The highest BCUT2D eigenvalue weighted by molar-refractivity contribution is 7.90. The van der Waals surface area contributed by atoms with Gasteiger partial charge in [-0.15, -0.1) is 0 Å². The lowest BCUT2D eigenvalue weighted by atomic mass is 10.2. The number of carbonyl (C=O) groups excluding carboxylic acids is 1. The van der Waals surface area contributed by atoms with Gasteiger partial charge in [-0.25, -0.2) is 17.4 Å². The molecule has 1 atom stereocenters. The number of aromatic nitrogens is 2. The molecule has 0 bridgehead atoms. The molecule has 1 unspecified atom stereocenters. The Morgan fingerprint density at radius 1 is 1.27 bits per heavy atom. The molecule has 1 aliphatic rings. The monoisotopic (exact) mass is 388 g/mol. The van der Waals surface area contributed by atoms with E-state index in [1.165, 1.54) is 19.2 Å². The lowest BCUT2D eigenvalue weighted by Gasteiger charge is -2.15. The number of halogens is 3. The molecule has 0 spiro atoms. The van der Waals surface area contributed by atoms with Crippen LogP contribution in [0.25, 0.3) is 5.69 Å². The molecule has 1 aromatic carbocycles. The average molecular weight is 388 g/mol. The summed E-state index contributed by atoms with van der Waals surface area (Å²) in [4.78, 5) is 12.3. The third-order valence-electron chi connectivity index (χ3n) is 4.09. The maximum absolute atomic E-state index is 13.5. The summed E-state index contributed by atoms with van der Waals surface area (Å²) in [7, 11) is -2.55. The minimum Gasteiger partial charge on any atom is -0.322 e. The topological polar surface area (TPSA) is 84.3 Å². The molecule has 1 saturated heterocycles. The second-order valence-corrected chi connectivity index (χ2v) is 8.01. The molecule has 0 aliphatic carbocycles. The molecule has 0 saturated carbocycles. The zero-order valence-corrected chi connectivity index (χ0v) is 14.4. The molecule has 140 valence electrons. The molecule has 1 N–H and O–H groups in total. The third kappa shape index (κ3) is 3.19. The highest BCUT2D eigenvalue weighted by Crippen LogP contribution is 2.36. The van der Waals surface area contributed by atoms with E-state index in [1.54, 1.807) is 18.2 Å². The first-order valence-electron chi connectivity index (χ1n) is 7.59. The standard InChI is InChI=1S/C15H15F3N4O3S/c1-21-8-7-12(26(21,24)25)14(23)20-11-9-19-22(13(11)15(16,17)18)10-5-3-2-4-6-10/h2-6,9,12H,7-8H2,1H3,(H,20,23). The second-order valence-electron chi connectivity index (χ2n) is 5.79. The second kappa shape index (κ2) is 6.40. The fraction of sp³-hybridized carbons (Fsp3) is 0.333. The molecular formula is C15H15F3N4O3S. The summed E-state index contributed by atoms with van der Waals surface area (Å²) in [6, 6.07) is 7.62. The Bertz CT molecular complexity index is 925. The van der Waals surface area contributed by atoms with Crippen molar-refractivity contribution in [2.45, 2.75) is 17.8 Å². The normalized spacial score (nSPS) is 20.2. The molecule has 2 heterocycles. The van der Waals surface area contributed by atoms with Crippen LogP contribution in [-0.4, -0.2) is 47.3 Å². The quantitative estimate of drug-likeness (QED) is 0.870. The maximum atomic E-state index is 13.5. The van der Waals surface area contributed by atoms with Crippen molar-refractivity contribution >= 4 is 21.6 Å². The first kappa shape index (κ1) is 18.4. The van der Waals surface area contributed by atoms with E-state index in [0.29, 0.717) is 4.68 Å². The van der Waals surface area contributed by atoms with Gasteiger partial charge in [0, 0.05) is 13.6 Å². The van der Waals surface area contributed by atoms with E-state index in [9.17, 15) is 26.4 Å². The van der Waals surface area contributed by atoms with Crippen molar-refractivity contribution in [2.24, 2.45) is 0 Å². The minimum absolute atomic E-state index is 0.0127. The van der Waals surface area contributed by atoms with E-state index in [-0.39, 0.29) is 18.7 Å². The molecule has 11 heteroatoms. The van der Waals surface area contributed by atoms with Crippen LogP contribution >= 0.6 is 0 Å². The van der Waals surface area contributed by atoms with Crippen LogP contribution in [-0.2, 0) is 21.0 Å². The summed E-state index contributed by atoms with van der Waals surface area (Å²) in [6.45, 7) is 0.135. The summed E-state index contributed by atoms with van der Waals surface area (Å²) >= 11 is 0. The lowest BCUT2D eigenvalue weighted by Crippen LogP contribution is -2.35. The van der Waals surface area contributed by atoms with E-state index >= 15 is 0 Å². The van der Waals surface area contributed by atoms with Gasteiger partial charge in [-0.3, -0.25) is 4.79 Å². The van der Waals surface area contributed by atoms with Gasteiger partial charge in [0.05, 0.1) is 17.6 Å². The number of amides is 1. The van der Waals surface area contributed by atoms with Gasteiger partial charge in [0.25, 0.3) is 0 Å². The number of sulfonamides is 1. The minimum atomic E-state index is -4.81. The van der Waals surface area contributed by atoms with Gasteiger partial charge < -0.3 is 5.32 Å². The summed E-state index contributed by atoms with van der Waals surface area (Å²) in [5.41, 5.74) is -1.61. The number of para-hydroxylation sites is 1. The molecule has 7 nitrogen and oxygen atoms in total. The molecule has 1 amide bonds. The van der Waals surface area contributed by atoms with Gasteiger partial charge in [-0.1, -0.05) is 18.2 Å². The van der Waals surface area contributed by atoms with Crippen molar-refractivity contribution in [1.82, 2.24) is 14.1 Å². The van der Waals surface area contributed by atoms with E-state index in [2.05, 4.69) is 10.4 Å². The van der Waals surface area contributed by atoms with Crippen LogP contribution in [0.15, 0.2) is 36.5 Å². The van der Waals surface area contributed by atoms with Gasteiger partial charge in [-0.2, -0.15) is 18.3 Å². The number of nitrogens with one attached hydrogen (secondary N) is 1. The van der Waals surface area contributed by atoms with E-state index in [4.69, 9.17) is 0 Å². The first-order chi connectivity index (χ1) is 12.1. The van der Waals surface area contributed by atoms with Gasteiger partial charge in [0.1, 0.15) is 0 Å². The fourth-order valence-electron chi connectivity index (χ4n) is 2.75. The predicted octanol–water partition coefficient (Wildman–Crippen LogP) is 1.86. The summed E-state index contributed by atoms with van der Waals surface area (Å²) in [5.74, 6) is -1.01. The Balaban J connectivity index is 1.97. The number of hydrogen-bond donors (Lipinski definition) is 1. The molecule has 26 heavy (non-hydrogen) atoms. The van der Waals surface area contributed by atoms with Crippen LogP contribution in [0, 0.1) is 0 Å². The van der Waals surface area contributed by atoms with Gasteiger partial charge in [0.2, 0.25) is 15.9 Å². The van der Waals surface area contributed by atoms with E-state index in [0.717, 1.165) is 10.5 Å². The van der Waals surface area contributed by atoms with E-state index in [1.807, 2.05) is 0 Å². The number of anilines is 1. The zero-order chi connectivity index (χ0) is 19.1. The fourth-order valence-corrected chi connectivity index (χ4v) is 4.28. The molecule has 0 radical (unpaired) electrons. The van der Waals surface area contributed by atoms with Crippen LogP contribution in [0.3, 0.4) is 0 Å². The van der Waals surface area contributed by atoms with Crippen molar-refractivity contribution in [1.29, 1.82) is 0 Å². The molecule has 2 aromatic rings. The first-order valence-corrected chi connectivity index (χ1v) is 9.09. The molecule has 3 rings (SSSR count). The zero-order valence-electron chi connectivity index (χ0n) is 13.6. The summed E-state index contributed by atoms with van der Waals surface area (Å²) < 4.78 is 66.4. The SMILES string of the molecule is CN1CCC(C(=O)Nc2cnn(-c3ccccc3)c2C(F)(F)F)S1(=O)=O. The van der Waals surface area contributed by atoms with Gasteiger partial charge in [-0.05, 0) is 18.6 Å². The van der Waals surface area contributed by atoms with E-state index < -0.39 is 38.7 Å². The van der Waals surface area contributed by atoms with Crippen LogP contribution in [0.2, 0.25) is 0 Å². The lowest BCUT2D eigenvalue weighted by molar-refractivity contribution is -0.142. The van der Waals surface area contributed by atoms with Crippen molar-refractivity contribution in [3.63, 3.8) is 0 Å². The summed E-state index contributed by atoms with van der Waals surface area (Å²) in [6.07, 6.45) is -3.93. The van der Waals surface area contributed by atoms with Crippen LogP contribution < -0.4 is 5.32 Å². The number of carbonyl (C=O) groups is 1. The highest BCUT2D eigenvalue weighted by Gasteiger charge is 2.44. The van der Waals surface area contributed by atoms with Crippen molar-refractivity contribution in [2.75, 3.05) is 18.9 Å². The highest BCUT2D eigenvalue weighted by atomic mass is 32.2. The maximum Gasteiger partial charge on any atom is 0.435 e. The number of benzene rings is 1. The number of rotatable bonds is 3. The molecule has 1 aliphatic heterocycles. The summed E-state index contributed by atoms with van der Waals surface area (Å²) in [5, 5.41) is 4.36. The van der Waals surface area contributed by atoms with Crippen molar-refractivity contribution < 1.29 is 26.4 Å². The molecule has 1 fully saturated rings. The average Bonchev–Trinajstić information content (AvgIpc) is 3.09. The predicted molar refractivity (Wildman–Crippen MR) is 87.2 cm³/mol. The third-order valence-corrected chi connectivity index (χ3v) is 6.31. The largest absolute Gasteiger partial charge is 0.435 e. The Morgan fingerprint density at radius 3 is 2.46 bits per heavy atom. The molecule has 1 aromatic heterocycles. The number of hydrogen-bond acceptors (Lipinski definition) is 4. The van der Waals surface area contributed by atoms with Crippen LogP contribution in [0.4, 0.5) is 18.9 Å². The van der Waals surface area contributed by atoms with Crippen molar-refractivity contribution in [3.8, 4) is 5.69 Å². The Kier molecular flexibility index (Phi) is 4.53. The van der Waals surface area contributed by atoms with Gasteiger partial charge in [0.15, 0.2) is 10.9 Å². The molecular weight excluding hydrogens is 373 g/mol. The Hall–Kier alpha value is -2.40.